The molecule has 0 aromatic heterocycles. The minimum atomic E-state index is -0.569. The number of amides is 1. The Hall–Kier alpha value is -1.55. The zero-order valence-electron chi connectivity index (χ0n) is 6.78. The molecule has 0 aliphatic rings. The molecule has 4 nitrogen and oxygen atoms in total. The Bertz CT molecular complexity index is 305. The van der Waals surface area contributed by atoms with Crippen molar-refractivity contribution in [3.8, 4) is 0 Å². The first-order chi connectivity index (χ1) is 5.63. The largest absolute Gasteiger partial charge is 0.384 e. The van der Waals surface area contributed by atoms with Crippen LogP contribution in [0.15, 0.2) is 24.3 Å². The van der Waals surface area contributed by atoms with Gasteiger partial charge in [0, 0.05) is 11.1 Å². The Kier molecular flexibility index (Phi) is 3.94. The second kappa shape index (κ2) is 4.47. The predicted octanol–water partition coefficient (Wildman–Crippen LogP) is 0.491. The van der Waals surface area contributed by atoms with Crippen LogP contribution in [-0.2, 0) is 0 Å². The lowest BCUT2D eigenvalue weighted by Gasteiger charge is -2.02. The highest BCUT2D eigenvalue weighted by Crippen LogP contribution is 2.06. The first kappa shape index (κ1) is 11.4. The molecule has 1 amide bonds. The topological polar surface area (TPSA) is 93.0 Å². The molecule has 1 aromatic rings. The van der Waals surface area contributed by atoms with E-state index in [2.05, 4.69) is 0 Å². The van der Waals surface area contributed by atoms with Crippen LogP contribution in [0.25, 0.3) is 0 Å². The highest BCUT2D eigenvalue weighted by molar-refractivity contribution is 6.06. The van der Waals surface area contributed by atoms with Crippen LogP contribution in [0.5, 0.6) is 0 Å². The summed E-state index contributed by atoms with van der Waals surface area (Å²) < 4.78 is 0. The van der Waals surface area contributed by atoms with Gasteiger partial charge in [-0.25, -0.2) is 0 Å². The number of carbonyl (C=O) groups is 1. The summed E-state index contributed by atoms with van der Waals surface area (Å²) in [6, 6.07) is 6.50. The van der Waals surface area contributed by atoms with Gasteiger partial charge in [-0.15, -0.1) is 12.4 Å². The lowest BCUT2D eigenvalue weighted by atomic mass is 10.1. The normalized spacial score (nSPS) is 8.62. The molecule has 1 rings (SSSR count). The number of halogens is 1. The van der Waals surface area contributed by atoms with Crippen LogP contribution >= 0.6 is 12.4 Å². The third-order valence-electron chi connectivity index (χ3n) is 1.48. The average Bonchev–Trinajstić information content (AvgIpc) is 2.04. The molecule has 0 aliphatic carbocycles. The molecule has 0 unspecified atom stereocenters. The Balaban J connectivity index is 0.00000144. The molecule has 0 heterocycles. The second-order valence-corrected chi connectivity index (χ2v) is 2.32. The van der Waals surface area contributed by atoms with Gasteiger partial charge in [-0.3, -0.25) is 10.2 Å². The number of carbonyl (C=O) groups excluding carboxylic acids is 1. The van der Waals surface area contributed by atoms with Crippen LogP contribution in [0.2, 0.25) is 0 Å². The van der Waals surface area contributed by atoms with Gasteiger partial charge in [0.1, 0.15) is 5.84 Å². The van der Waals surface area contributed by atoms with E-state index in [1.54, 1.807) is 24.3 Å². The van der Waals surface area contributed by atoms with Crippen LogP contribution in [0.4, 0.5) is 0 Å². The van der Waals surface area contributed by atoms with Crippen LogP contribution < -0.4 is 11.5 Å². The van der Waals surface area contributed by atoms with Gasteiger partial charge in [-0.2, -0.15) is 0 Å². The van der Waals surface area contributed by atoms with Crippen LogP contribution in [-0.4, -0.2) is 11.7 Å². The van der Waals surface area contributed by atoms with E-state index in [1.165, 1.54) is 0 Å². The van der Waals surface area contributed by atoms with Gasteiger partial charge in [0.05, 0.1) is 0 Å². The van der Waals surface area contributed by atoms with Crippen molar-refractivity contribution in [2.75, 3.05) is 0 Å². The van der Waals surface area contributed by atoms with E-state index in [1.807, 2.05) is 0 Å². The quantitative estimate of drug-likeness (QED) is 0.478. The Labute approximate surface area is 81.8 Å². The number of rotatable bonds is 2. The van der Waals surface area contributed by atoms with Gasteiger partial charge in [0.15, 0.2) is 0 Å². The number of hydrogen-bond acceptors (Lipinski definition) is 2. The van der Waals surface area contributed by atoms with Gasteiger partial charge < -0.3 is 11.5 Å². The molecule has 5 heteroatoms. The molecule has 13 heavy (non-hydrogen) atoms. The molecule has 0 radical (unpaired) electrons. The molecule has 70 valence electrons. The minimum Gasteiger partial charge on any atom is -0.384 e. The van der Waals surface area contributed by atoms with Gasteiger partial charge in [0.2, 0.25) is 5.91 Å². The number of nitrogens with one attached hydrogen (secondary N) is 1. The van der Waals surface area contributed by atoms with Crippen molar-refractivity contribution in [2.24, 2.45) is 11.5 Å². The molecule has 0 saturated heterocycles. The Morgan fingerprint density at radius 2 is 1.62 bits per heavy atom. The number of amidine groups is 1. The number of nitrogens with two attached hydrogens (primary N) is 2. The Morgan fingerprint density at radius 1 is 1.15 bits per heavy atom. The van der Waals surface area contributed by atoms with Crippen LogP contribution in [0, 0.1) is 5.41 Å². The third kappa shape index (κ3) is 2.45. The molecule has 0 atom stereocenters. The van der Waals surface area contributed by atoms with E-state index < -0.39 is 5.91 Å². The highest BCUT2D eigenvalue weighted by atomic mass is 35.5. The first-order valence-electron chi connectivity index (χ1n) is 3.36. The lowest BCUT2D eigenvalue weighted by molar-refractivity contribution is 0.1000. The van der Waals surface area contributed by atoms with Gasteiger partial charge >= 0.3 is 0 Å². The molecule has 0 fully saturated rings. The summed E-state index contributed by atoms with van der Waals surface area (Å²) >= 11 is 0. The zero-order valence-corrected chi connectivity index (χ0v) is 7.60. The van der Waals surface area contributed by atoms with Crippen molar-refractivity contribution in [3.63, 3.8) is 0 Å². The SMILES string of the molecule is Cl.N=C(N)c1ccccc1C(N)=O. The minimum absolute atomic E-state index is 0. The molecule has 0 spiro atoms. The number of benzene rings is 1. The van der Waals surface area contributed by atoms with Crippen molar-refractivity contribution < 1.29 is 4.79 Å². The maximum absolute atomic E-state index is 10.8. The fraction of sp³-hybridized carbons (Fsp3) is 0. The monoisotopic (exact) mass is 199 g/mol. The number of hydrogen-bond donors (Lipinski definition) is 3. The van der Waals surface area contributed by atoms with E-state index in [9.17, 15) is 4.79 Å². The fourth-order valence-corrected chi connectivity index (χ4v) is 0.933. The van der Waals surface area contributed by atoms with E-state index in [0.29, 0.717) is 5.56 Å². The van der Waals surface area contributed by atoms with E-state index >= 15 is 0 Å². The Morgan fingerprint density at radius 3 is 1.92 bits per heavy atom. The molecule has 1 aromatic carbocycles. The number of nitrogen functional groups attached to an aromatic ring is 1. The zero-order chi connectivity index (χ0) is 9.14. The molecule has 0 saturated carbocycles. The van der Waals surface area contributed by atoms with Gasteiger partial charge in [-0.05, 0) is 6.07 Å². The third-order valence-corrected chi connectivity index (χ3v) is 1.48. The van der Waals surface area contributed by atoms with Gasteiger partial charge in [0.25, 0.3) is 0 Å². The van der Waals surface area contributed by atoms with Crippen molar-refractivity contribution in [3.05, 3.63) is 35.4 Å². The number of primary amides is 1. The standard InChI is InChI=1S/C8H9N3O.ClH/c9-7(10)5-3-1-2-4-6(5)8(11)12;/h1-4H,(H3,9,10)(H2,11,12);1H. The maximum Gasteiger partial charge on any atom is 0.249 e. The summed E-state index contributed by atoms with van der Waals surface area (Å²) in [5.41, 5.74) is 11.0. The molecular weight excluding hydrogens is 190 g/mol. The maximum atomic E-state index is 10.8. The fourth-order valence-electron chi connectivity index (χ4n) is 0.933. The van der Waals surface area contributed by atoms with Crippen molar-refractivity contribution in [1.82, 2.24) is 0 Å². The summed E-state index contributed by atoms with van der Waals surface area (Å²) in [6.45, 7) is 0. The molecule has 5 N–H and O–H groups in total. The smallest absolute Gasteiger partial charge is 0.249 e. The summed E-state index contributed by atoms with van der Waals surface area (Å²) in [5.74, 6) is -0.717. The summed E-state index contributed by atoms with van der Waals surface area (Å²) in [5, 5.41) is 7.14. The van der Waals surface area contributed by atoms with E-state index in [4.69, 9.17) is 16.9 Å². The summed E-state index contributed by atoms with van der Waals surface area (Å²) in [4.78, 5) is 10.8. The van der Waals surface area contributed by atoms with Crippen molar-refractivity contribution in [2.45, 2.75) is 0 Å². The average molecular weight is 200 g/mol. The predicted molar refractivity (Wildman–Crippen MR) is 53.2 cm³/mol. The van der Waals surface area contributed by atoms with Crippen molar-refractivity contribution in [1.29, 1.82) is 5.41 Å². The van der Waals surface area contributed by atoms with Crippen molar-refractivity contribution >= 4 is 24.1 Å². The highest BCUT2D eigenvalue weighted by Gasteiger charge is 2.07. The lowest BCUT2D eigenvalue weighted by Crippen LogP contribution is -2.20. The van der Waals surface area contributed by atoms with Crippen LogP contribution in [0.1, 0.15) is 15.9 Å². The second-order valence-electron chi connectivity index (χ2n) is 2.32. The van der Waals surface area contributed by atoms with Gasteiger partial charge in [-0.1, -0.05) is 18.2 Å². The molecule has 0 bridgehead atoms. The van der Waals surface area contributed by atoms with E-state index in [0.717, 1.165) is 0 Å². The first-order valence-corrected chi connectivity index (χ1v) is 3.36. The molecular formula is C8H10ClN3O. The summed E-state index contributed by atoms with van der Waals surface area (Å²) in [7, 11) is 0. The van der Waals surface area contributed by atoms with Crippen LogP contribution in [0.3, 0.4) is 0 Å². The van der Waals surface area contributed by atoms with E-state index in [-0.39, 0.29) is 23.8 Å². The molecule has 0 aliphatic heterocycles. The summed E-state index contributed by atoms with van der Waals surface area (Å²) in [6.07, 6.45) is 0.